The van der Waals surface area contributed by atoms with Gasteiger partial charge in [-0.1, -0.05) is 36.4 Å². The number of aryl methyl sites for hydroxylation is 1. The Bertz CT molecular complexity index is 1340. The lowest BCUT2D eigenvalue weighted by atomic mass is 9.80. The average Bonchev–Trinajstić information content (AvgIpc) is 3.13. The van der Waals surface area contributed by atoms with Crippen LogP contribution in [0.25, 0.3) is 22.3 Å². The van der Waals surface area contributed by atoms with Gasteiger partial charge in [0.05, 0.1) is 5.69 Å². The Morgan fingerprint density at radius 3 is 2.58 bits per heavy atom. The molecule has 0 aliphatic rings. The largest absolute Gasteiger partial charge is 0.488 e. The first kappa shape index (κ1) is 22.3. The molecule has 2 heterocycles. The minimum absolute atomic E-state index is 0.423. The molecule has 0 saturated heterocycles. The van der Waals surface area contributed by atoms with Crippen LogP contribution < -0.4 is 21.4 Å². The Labute approximate surface area is 191 Å². The van der Waals surface area contributed by atoms with Gasteiger partial charge in [-0.25, -0.2) is 9.97 Å². The molecule has 0 aliphatic heterocycles. The molecule has 33 heavy (non-hydrogen) atoms. The number of anilines is 2. The van der Waals surface area contributed by atoms with Gasteiger partial charge in [-0.15, -0.1) is 0 Å². The molecule has 10 heteroatoms. The van der Waals surface area contributed by atoms with Crippen molar-refractivity contribution in [2.75, 3.05) is 24.3 Å². The quantitative estimate of drug-likeness (QED) is 0.314. The second-order valence-electron chi connectivity index (χ2n) is 8.02. The lowest BCUT2D eigenvalue weighted by Crippen LogP contribution is -2.30. The van der Waals surface area contributed by atoms with Crippen LogP contribution in [-0.2, 0) is 13.6 Å². The van der Waals surface area contributed by atoms with Gasteiger partial charge in [0.25, 0.3) is 0 Å². The van der Waals surface area contributed by atoms with Crippen molar-refractivity contribution in [3.63, 3.8) is 0 Å². The highest BCUT2D eigenvalue weighted by atomic mass is 16.4. The van der Waals surface area contributed by atoms with Crippen molar-refractivity contribution in [2.45, 2.75) is 6.54 Å². The normalized spacial score (nSPS) is 10.9. The predicted octanol–water partition coefficient (Wildman–Crippen LogP) is 1.09. The molecule has 0 atom stereocenters. The monoisotopic (exact) mass is 444 g/mol. The maximum absolute atomic E-state index is 11.9. The van der Waals surface area contributed by atoms with E-state index in [0.29, 0.717) is 35.0 Å². The van der Waals surface area contributed by atoms with Crippen LogP contribution in [0.15, 0.2) is 54.7 Å². The number of carbonyl (C=O) groups excluding carboxylic acids is 1. The number of aromatic nitrogens is 3. The van der Waals surface area contributed by atoms with Crippen molar-refractivity contribution >= 4 is 40.9 Å². The van der Waals surface area contributed by atoms with E-state index in [2.05, 4.69) is 5.32 Å². The molecule has 2 aromatic carbocycles. The third kappa shape index (κ3) is 4.52. The lowest BCUT2D eigenvalue weighted by Gasteiger charge is -2.16. The fourth-order valence-electron chi connectivity index (χ4n) is 3.77. The molecule has 168 valence electrons. The van der Waals surface area contributed by atoms with Crippen LogP contribution >= 0.6 is 0 Å². The molecule has 0 saturated carbocycles. The maximum atomic E-state index is 11.9. The Kier molecular flexibility index (Phi) is 6.04. The molecule has 0 fully saturated rings. The number of hydrogen-bond donors (Lipinski definition) is 4. The molecule has 9 nitrogen and oxygen atoms in total. The third-order valence-electron chi connectivity index (χ3n) is 5.41. The summed E-state index contributed by atoms with van der Waals surface area (Å²) in [5.41, 5.74) is 8.08. The molecule has 0 spiro atoms. The number of carbonyl (C=O) groups is 1. The zero-order valence-corrected chi connectivity index (χ0v) is 18.6. The second kappa shape index (κ2) is 8.93. The fourth-order valence-corrected chi connectivity index (χ4v) is 3.77. The topological polar surface area (TPSA) is 130 Å². The van der Waals surface area contributed by atoms with Gasteiger partial charge in [0.15, 0.2) is 5.82 Å². The Morgan fingerprint density at radius 2 is 1.88 bits per heavy atom. The Morgan fingerprint density at radius 1 is 1.12 bits per heavy atom. The van der Waals surface area contributed by atoms with Crippen molar-refractivity contribution in [3.05, 3.63) is 65.9 Å². The Balaban J connectivity index is 1.75. The molecule has 0 aliphatic carbocycles. The summed E-state index contributed by atoms with van der Waals surface area (Å²) >= 11 is 0. The predicted molar refractivity (Wildman–Crippen MR) is 130 cm³/mol. The molecule has 2 aromatic heterocycles. The number of fused-ring (bicyclic) bond motifs is 1. The smallest absolute Gasteiger partial charge is 0.423 e. The van der Waals surface area contributed by atoms with Crippen molar-refractivity contribution in [1.29, 1.82) is 0 Å². The number of nitrogens with one attached hydrogen (secondary N) is 1. The van der Waals surface area contributed by atoms with E-state index in [1.807, 2.05) is 55.0 Å². The first-order chi connectivity index (χ1) is 15.7. The van der Waals surface area contributed by atoms with Gasteiger partial charge in [-0.05, 0) is 17.1 Å². The van der Waals surface area contributed by atoms with Gasteiger partial charge < -0.3 is 30.6 Å². The molecular formula is C23H25BN6O3. The number of amides is 1. The summed E-state index contributed by atoms with van der Waals surface area (Å²) in [6.07, 6.45) is 1.86. The minimum atomic E-state index is -1.52. The zero-order chi connectivity index (χ0) is 23.7. The van der Waals surface area contributed by atoms with E-state index in [1.165, 1.54) is 0 Å². The number of hydrogen-bond acceptors (Lipinski definition) is 7. The number of primary amides is 1. The van der Waals surface area contributed by atoms with Crippen LogP contribution in [0.4, 0.5) is 11.6 Å². The highest BCUT2D eigenvalue weighted by Crippen LogP contribution is 2.31. The van der Waals surface area contributed by atoms with Crippen molar-refractivity contribution in [1.82, 2.24) is 14.5 Å². The summed E-state index contributed by atoms with van der Waals surface area (Å²) in [5.74, 6) is 1.34. The maximum Gasteiger partial charge on any atom is 0.488 e. The van der Waals surface area contributed by atoms with Gasteiger partial charge in [0.1, 0.15) is 11.6 Å². The van der Waals surface area contributed by atoms with Gasteiger partial charge in [0.2, 0.25) is 5.91 Å². The molecule has 1 amide bonds. The summed E-state index contributed by atoms with van der Waals surface area (Å²) < 4.78 is 1.89. The van der Waals surface area contributed by atoms with Gasteiger partial charge >= 0.3 is 7.12 Å². The first-order valence-corrected chi connectivity index (χ1v) is 10.4. The standard InChI is InChI=1S/C23H25BN6O3/c1-29(2)20-11-19(26-12-14-6-4-7-15(10-14)24(32)33)27-23(28-20)21-16-8-5-9-17(22(25)31)18(16)13-30(21)3/h4-11,13,32-33H,12H2,1-3H3,(H2,25,31)(H,26,27,28). The van der Waals surface area contributed by atoms with Crippen molar-refractivity contribution in [3.8, 4) is 11.5 Å². The Hall–Kier alpha value is -3.89. The molecule has 4 rings (SSSR count). The van der Waals surface area contributed by atoms with Crippen LogP contribution in [-0.4, -0.2) is 51.7 Å². The molecule has 0 bridgehead atoms. The van der Waals surface area contributed by atoms with E-state index in [4.69, 9.17) is 15.7 Å². The lowest BCUT2D eigenvalue weighted by molar-refractivity contribution is 0.100. The number of nitrogens with two attached hydrogens (primary N) is 1. The van der Waals surface area contributed by atoms with Gasteiger partial charge in [0, 0.05) is 56.3 Å². The van der Waals surface area contributed by atoms with Crippen molar-refractivity contribution in [2.24, 2.45) is 12.8 Å². The fraction of sp³-hybridized carbons (Fsp3) is 0.174. The highest BCUT2D eigenvalue weighted by Gasteiger charge is 2.18. The van der Waals surface area contributed by atoms with E-state index >= 15 is 0 Å². The molecule has 0 radical (unpaired) electrons. The highest BCUT2D eigenvalue weighted by molar-refractivity contribution is 6.58. The van der Waals surface area contributed by atoms with Crippen LogP contribution in [0.5, 0.6) is 0 Å². The number of rotatable bonds is 7. The average molecular weight is 444 g/mol. The molecule has 0 unspecified atom stereocenters. The van der Waals surface area contributed by atoms with E-state index < -0.39 is 13.0 Å². The number of nitrogens with zero attached hydrogens (tertiary/aromatic N) is 4. The van der Waals surface area contributed by atoms with Crippen LogP contribution in [0.3, 0.4) is 0 Å². The molecule has 5 N–H and O–H groups in total. The van der Waals surface area contributed by atoms with Crippen LogP contribution in [0.1, 0.15) is 15.9 Å². The second-order valence-corrected chi connectivity index (χ2v) is 8.02. The van der Waals surface area contributed by atoms with E-state index in [-0.39, 0.29) is 0 Å². The van der Waals surface area contributed by atoms with E-state index in [1.54, 1.807) is 30.3 Å². The summed E-state index contributed by atoms with van der Waals surface area (Å²) in [6.45, 7) is 0.434. The van der Waals surface area contributed by atoms with Crippen molar-refractivity contribution < 1.29 is 14.8 Å². The summed E-state index contributed by atoms with van der Waals surface area (Å²) in [6, 6.07) is 14.3. The van der Waals surface area contributed by atoms with Crippen LogP contribution in [0, 0.1) is 0 Å². The molecule has 4 aromatic rings. The first-order valence-electron chi connectivity index (χ1n) is 10.4. The molecular weight excluding hydrogens is 419 g/mol. The minimum Gasteiger partial charge on any atom is -0.423 e. The third-order valence-corrected chi connectivity index (χ3v) is 5.41. The summed E-state index contributed by atoms with van der Waals surface area (Å²) in [5, 5.41) is 23.7. The number of benzene rings is 2. The van der Waals surface area contributed by atoms with E-state index in [9.17, 15) is 14.8 Å². The van der Waals surface area contributed by atoms with Gasteiger partial charge in [-0.2, -0.15) is 0 Å². The zero-order valence-electron chi connectivity index (χ0n) is 18.6. The van der Waals surface area contributed by atoms with Crippen LogP contribution in [0.2, 0.25) is 0 Å². The summed E-state index contributed by atoms with van der Waals surface area (Å²) in [7, 11) is 4.16. The van der Waals surface area contributed by atoms with E-state index in [0.717, 1.165) is 22.0 Å². The van der Waals surface area contributed by atoms with Gasteiger partial charge in [-0.3, -0.25) is 4.79 Å². The summed E-state index contributed by atoms with van der Waals surface area (Å²) in [4.78, 5) is 23.2. The SMILES string of the molecule is CN(C)c1cc(NCc2cccc(B(O)O)c2)nc(-c2c3cccc(C(N)=O)c3cn2C)n1.